The number of rotatable bonds is 6. The van der Waals surface area contributed by atoms with E-state index in [-0.39, 0.29) is 23.2 Å². The highest BCUT2D eigenvalue weighted by atomic mass is 32.2. The third-order valence-electron chi connectivity index (χ3n) is 4.96. The lowest BCUT2D eigenvalue weighted by Crippen LogP contribution is -2.72. The van der Waals surface area contributed by atoms with Crippen LogP contribution >= 0.6 is 11.8 Å². The molecule has 2 heterocycles. The van der Waals surface area contributed by atoms with Crippen molar-refractivity contribution in [2.24, 2.45) is 4.99 Å². The molecule has 2 aliphatic heterocycles. The van der Waals surface area contributed by atoms with Gasteiger partial charge < -0.3 is 9.84 Å². The van der Waals surface area contributed by atoms with E-state index in [4.69, 9.17) is 4.74 Å². The maximum Gasteiger partial charge on any atom is 0.352 e. The molecule has 1 aromatic carbocycles. The number of nitro benzene ring substituents is 1. The van der Waals surface area contributed by atoms with Crippen LogP contribution in [0, 0.1) is 10.1 Å². The van der Waals surface area contributed by atoms with Crippen LogP contribution in [0.5, 0.6) is 0 Å². The van der Waals surface area contributed by atoms with Crippen molar-refractivity contribution < 1.29 is 29.2 Å². The topological polar surface area (TPSA) is 139 Å². The lowest BCUT2D eigenvalue weighted by molar-refractivity contribution is -0.384. The van der Waals surface area contributed by atoms with Gasteiger partial charge in [0.1, 0.15) is 17.7 Å². The maximum absolute atomic E-state index is 12.9. The number of β-lactam (4-membered cyclic amide) rings is 1. The van der Waals surface area contributed by atoms with Gasteiger partial charge in [-0.25, -0.2) is 4.79 Å². The van der Waals surface area contributed by atoms with E-state index in [0.29, 0.717) is 11.1 Å². The molecule has 3 rings (SSSR count). The number of carboxylic acid groups (broad SMARTS) is 1. The van der Waals surface area contributed by atoms with E-state index in [2.05, 4.69) is 4.99 Å². The van der Waals surface area contributed by atoms with Crippen LogP contribution in [-0.2, 0) is 19.1 Å². The van der Waals surface area contributed by atoms with Gasteiger partial charge in [0.05, 0.1) is 4.92 Å². The standard InChI is InChI=1S/C19H19N3O7S/c1-10-14(9-29-11(2)23)15(16(24)25)21-17(26)19(3,18(21)30-10)20-8-12-4-6-13(7-5-12)22(27)28/h4-8,10,18H,9H2,1-3H3,(H,24,25)/t10?,18-,19?/m0/s1. The number of amides is 1. The lowest BCUT2D eigenvalue weighted by atomic mass is 9.88. The molecular weight excluding hydrogens is 414 g/mol. The predicted octanol–water partition coefficient (Wildman–Crippen LogP) is 1.98. The van der Waals surface area contributed by atoms with Crippen molar-refractivity contribution in [3.63, 3.8) is 0 Å². The number of fused-ring (bicyclic) bond motifs is 1. The summed E-state index contributed by atoms with van der Waals surface area (Å²) in [6.07, 6.45) is 1.45. The Hall–Kier alpha value is -3.21. The number of non-ortho nitro benzene ring substituents is 1. The van der Waals surface area contributed by atoms with Crippen LogP contribution in [0.15, 0.2) is 40.5 Å². The summed E-state index contributed by atoms with van der Waals surface area (Å²) in [7, 11) is 0. The molecule has 1 saturated heterocycles. The molecule has 1 aromatic rings. The molecule has 158 valence electrons. The van der Waals surface area contributed by atoms with Crippen molar-refractivity contribution in [2.75, 3.05) is 6.61 Å². The van der Waals surface area contributed by atoms with Crippen molar-refractivity contribution >= 4 is 41.5 Å². The van der Waals surface area contributed by atoms with Gasteiger partial charge in [0, 0.05) is 36.1 Å². The minimum atomic E-state index is -1.27. The molecule has 10 nitrogen and oxygen atoms in total. The molecule has 0 spiro atoms. The summed E-state index contributed by atoms with van der Waals surface area (Å²) in [6, 6.07) is 5.70. The van der Waals surface area contributed by atoms with Gasteiger partial charge in [0.15, 0.2) is 5.54 Å². The minimum absolute atomic E-state index is 0.0579. The molecule has 2 unspecified atom stereocenters. The van der Waals surface area contributed by atoms with Gasteiger partial charge in [-0.2, -0.15) is 0 Å². The summed E-state index contributed by atoms with van der Waals surface area (Å²) in [6.45, 7) is 4.43. The van der Waals surface area contributed by atoms with Crippen molar-refractivity contribution in [1.29, 1.82) is 0 Å². The average Bonchev–Trinajstić information content (AvgIpc) is 2.70. The van der Waals surface area contributed by atoms with E-state index in [0.717, 1.165) is 0 Å². The van der Waals surface area contributed by atoms with Crippen LogP contribution in [-0.4, -0.2) is 61.8 Å². The Balaban J connectivity index is 1.87. The Labute approximate surface area is 175 Å². The zero-order chi connectivity index (χ0) is 22.2. The maximum atomic E-state index is 12.9. The van der Waals surface area contributed by atoms with Crippen molar-refractivity contribution in [3.05, 3.63) is 51.2 Å². The number of thioether (sulfide) groups is 1. The molecular formula is C19H19N3O7S. The summed E-state index contributed by atoms with van der Waals surface area (Å²) >= 11 is 1.36. The van der Waals surface area contributed by atoms with Gasteiger partial charge in [-0.05, 0) is 31.5 Å². The van der Waals surface area contributed by atoms with Gasteiger partial charge in [0.25, 0.3) is 11.6 Å². The van der Waals surface area contributed by atoms with E-state index in [1.54, 1.807) is 13.8 Å². The van der Waals surface area contributed by atoms with Crippen LogP contribution in [0.2, 0.25) is 0 Å². The summed E-state index contributed by atoms with van der Waals surface area (Å²) < 4.78 is 4.97. The minimum Gasteiger partial charge on any atom is -0.477 e. The number of esters is 1. The van der Waals surface area contributed by atoms with Gasteiger partial charge in [-0.1, -0.05) is 0 Å². The van der Waals surface area contributed by atoms with E-state index in [1.165, 1.54) is 54.1 Å². The number of nitro groups is 1. The summed E-state index contributed by atoms with van der Waals surface area (Å²) in [4.78, 5) is 51.7. The first-order valence-electron chi connectivity index (χ1n) is 8.94. The second-order valence-electron chi connectivity index (χ2n) is 7.02. The Morgan fingerprint density at radius 3 is 2.57 bits per heavy atom. The number of nitrogens with zero attached hydrogens (tertiary/aromatic N) is 3. The molecule has 1 fully saturated rings. The summed E-state index contributed by atoms with van der Waals surface area (Å²) in [5.74, 6) is -2.30. The molecule has 0 saturated carbocycles. The molecule has 30 heavy (non-hydrogen) atoms. The Bertz CT molecular complexity index is 988. The number of aliphatic carboxylic acids is 1. The van der Waals surface area contributed by atoms with Crippen molar-refractivity contribution in [1.82, 2.24) is 4.90 Å². The molecule has 0 aromatic heterocycles. The zero-order valence-electron chi connectivity index (χ0n) is 16.4. The highest BCUT2D eigenvalue weighted by Crippen LogP contribution is 2.50. The van der Waals surface area contributed by atoms with E-state index < -0.39 is 33.7 Å². The number of hydrogen-bond donors (Lipinski definition) is 1. The van der Waals surface area contributed by atoms with Gasteiger partial charge in [-0.15, -0.1) is 11.8 Å². The first-order valence-corrected chi connectivity index (χ1v) is 9.89. The highest BCUT2D eigenvalue weighted by molar-refractivity contribution is 8.00. The van der Waals surface area contributed by atoms with Crippen LogP contribution in [0.3, 0.4) is 0 Å². The van der Waals surface area contributed by atoms with Crippen molar-refractivity contribution in [2.45, 2.75) is 36.9 Å². The second kappa shape index (κ2) is 7.90. The number of ether oxygens (including phenoxy) is 1. The molecule has 3 atom stereocenters. The predicted molar refractivity (Wildman–Crippen MR) is 108 cm³/mol. The quantitative estimate of drug-likeness (QED) is 0.236. The number of hydrogen-bond acceptors (Lipinski definition) is 8. The number of aliphatic imine (C=N–C) groups is 1. The number of carbonyl (C=O) groups excluding carboxylic acids is 2. The normalized spacial score (nSPS) is 25.7. The highest BCUT2D eigenvalue weighted by Gasteiger charge is 2.63. The molecule has 2 aliphatic rings. The van der Waals surface area contributed by atoms with E-state index >= 15 is 0 Å². The largest absolute Gasteiger partial charge is 0.477 e. The van der Waals surface area contributed by atoms with Crippen molar-refractivity contribution in [3.8, 4) is 0 Å². The third-order valence-corrected chi connectivity index (χ3v) is 6.58. The summed E-state index contributed by atoms with van der Waals surface area (Å²) in [5, 5.41) is 19.6. The molecule has 0 bridgehead atoms. The number of carboxylic acids is 1. The fourth-order valence-electron chi connectivity index (χ4n) is 3.29. The Morgan fingerprint density at radius 1 is 1.40 bits per heavy atom. The smallest absolute Gasteiger partial charge is 0.352 e. The molecule has 1 N–H and O–H groups in total. The second-order valence-corrected chi connectivity index (χ2v) is 8.45. The first kappa shape index (κ1) is 21.5. The SMILES string of the molecule is CC(=O)OCC1=C(C(=O)O)N2C(=O)C(C)(N=Cc3ccc([N+](=O)[O-])cc3)[C@@H]2SC1C. The van der Waals surface area contributed by atoms with Crippen LogP contribution < -0.4 is 0 Å². The fraction of sp³-hybridized carbons (Fsp3) is 0.368. The van der Waals surface area contributed by atoms with Gasteiger partial charge in [-0.3, -0.25) is 29.6 Å². The van der Waals surface area contributed by atoms with E-state index in [9.17, 15) is 29.6 Å². The van der Waals surface area contributed by atoms with Gasteiger partial charge in [0.2, 0.25) is 0 Å². The van der Waals surface area contributed by atoms with Crippen LogP contribution in [0.25, 0.3) is 0 Å². The van der Waals surface area contributed by atoms with E-state index in [1.807, 2.05) is 0 Å². The molecule has 1 amide bonds. The molecule has 0 radical (unpaired) electrons. The van der Waals surface area contributed by atoms with Crippen LogP contribution in [0.1, 0.15) is 26.3 Å². The third kappa shape index (κ3) is 3.67. The Kier molecular flexibility index (Phi) is 5.66. The first-order chi connectivity index (χ1) is 14.1. The molecule has 11 heteroatoms. The number of benzene rings is 1. The van der Waals surface area contributed by atoms with Crippen LogP contribution in [0.4, 0.5) is 5.69 Å². The van der Waals surface area contributed by atoms with Gasteiger partial charge >= 0.3 is 11.9 Å². The zero-order valence-corrected chi connectivity index (χ0v) is 17.2. The number of carbonyl (C=O) groups is 3. The fourth-order valence-corrected chi connectivity index (χ4v) is 4.77. The Morgan fingerprint density at radius 2 is 2.03 bits per heavy atom. The summed E-state index contributed by atoms with van der Waals surface area (Å²) in [5.41, 5.74) is -0.493. The average molecular weight is 433 g/mol. The monoisotopic (exact) mass is 433 g/mol. The lowest BCUT2D eigenvalue weighted by Gasteiger charge is -2.55. The molecule has 0 aliphatic carbocycles.